The van der Waals surface area contributed by atoms with Crippen LogP contribution in [0.5, 0.6) is 5.75 Å². The summed E-state index contributed by atoms with van der Waals surface area (Å²) in [6, 6.07) is 4.81. The molecule has 0 amide bonds. The molecule has 1 saturated heterocycles. The second-order valence-corrected chi connectivity index (χ2v) is 6.01. The fourth-order valence-corrected chi connectivity index (χ4v) is 3.20. The molecule has 0 radical (unpaired) electrons. The molecule has 1 heterocycles. The van der Waals surface area contributed by atoms with Gasteiger partial charge in [0.2, 0.25) is 0 Å². The van der Waals surface area contributed by atoms with Crippen LogP contribution in [0.3, 0.4) is 0 Å². The van der Waals surface area contributed by atoms with Gasteiger partial charge in [0.05, 0.1) is 17.6 Å². The van der Waals surface area contributed by atoms with E-state index in [2.05, 4.69) is 10.2 Å². The first-order valence-corrected chi connectivity index (χ1v) is 8.30. The number of anilines is 1. The zero-order valence-electron chi connectivity index (χ0n) is 12.2. The number of nitrogens with one attached hydrogen (secondary N) is 1. The van der Waals surface area contributed by atoms with E-state index in [0.29, 0.717) is 12.4 Å². The van der Waals surface area contributed by atoms with Crippen LogP contribution in [0.4, 0.5) is 11.4 Å². The Kier molecular flexibility index (Phi) is 6.13. The van der Waals surface area contributed by atoms with E-state index in [1.54, 1.807) is 6.07 Å². The van der Waals surface area contributed by atoms with Crippen molar-refractivity contribution in [3.05, 3.63) is 28.3 Å². The van der Waals surface area contributed by atoms with Gasteiger partial charge in [-0.2, -0.15) is 11.8 Å². The summed E-state index contributed by atoms with van der Waals surface area (Å²) in [5.74, 6) is 2.90. The minimum absolute atomic E-state index is 0.0535. The topological polar surface area (TPSA) is 67.6 Å². The van der Waals surface area contributed by atoms with Crippen LogP contribution >= 0.6 is 11.8 Å². The average Bonchev–Trinajstić information content (AvgIpc) is 2.48. The Morgan fingerprint density at radius 1 is 1.38 bits per heavy atom. The fourth-order valence-electron chi connectivity index (χ4n) is 2.22. The zero-order chi connectivity index (χ0) is 15.1. The molecule has 0 bridgehead atoms. The van der Waals surface area contributed by atoms with Gasteiger partial charge in [0.1, 0.15) is 5.75 Å². The normalized spacial score (nSPS) is 15.7. The number of nitro groups is 1. The van der Waals surface area contributed by atoms with Crippen molar-refractivity contribution >= 4 is 23.1 Å². The average molecular weight is 311 g/mol. The number of benzene rings is 1. The molecule has 1 N–H and O–H groups in total. The van der Waals surface area contributed by atoms with Gasteiger partial charge in [-0.1, -0.05) is 0 Å². The lowest BCUT2D eigenvalue weighted by Crippen LogP contribution is -2.36. The van der Waals surface area contributed by atoms with E-state index in [4.69, 9.17) is 4.74 Å². The SMILES string of the molecule is CCOc1cc(NCCN2CCSCC2)cc([N+](=O)[O-])c1. The lowest BCUT2D eigenvalue weighted by Gasteiger charge is -2.26. The third-order valence-electron chi connectivity index (χ3n) is 3.27. The molecule has 116 valence electrons. The summed E-state index contributed by atoms with van der Waals surface area (Å²) in [6.07, 6.45) is 0. The van der Waals surface area contributed by atoms with Crippen molar-refractivity contribution in [1.82, 2.24) is 4.90 Å². The maximum Gasteiger partial charge on any atom is 0.275 e. The van der Waals surface area contributed by atoms with Crippen LogP contribution in [-0.4, -0.2) is 54.1 Å². The highest BCUT2D eigenvalue weighted by molar-refractivity contribution is 7.99. The largest absolute Gasteiger partial charge is 0.494 e. The van der Waals surface area contributed by atoms with E-state index >= 15 is 0 Å². The van der Waals surface area contributed by atoms with E-state index in [0.717, 1.165) is 31.9 Å². The predicted octanol–water partition coefficient (Wildman–Crippen LogP) is 2.45. The lowest BCUT2D eigenvalue weighted by molar-refractivity contribution is -0.384. The van der Waals surface area contributed by atoms with Gasteiger partial charge in [-0.15, -0.1) is 0 Å². The van der Waals surface area contributed by atoms with Crippen LogP contribution in [0, 0.1) is 10.1 Å². The van der Waals surface area contributed by atoms with Crippen LogP contribution in [0.25, 0.3) is 0 Å². The fraction of sp³-hybridized carbons (Fsp3) is 0.571. The Morgan fingerprint density at radius 3 is 2.81 bits per heavy atom. The van der Waals surface area contributed by atoms with Crippen molar-refractivity contribution in [1.29, 1.82) is 0 Å². The number of nitrogens with zero attached hydrogens (tertiary/aromatic N) is 2. The van der Waals surface area contributed by atoms with Gasteiger partial charge in [-0.3, -0.25) is 15.0 Å². The molecule has 1 aliphatic rings. The molecule has 0 unspecified atom stereocenters. The minimum Gasteiger partial charge on any atom is -0.494 e. The summed E-state index contributed by atoms with van der Waals surface area (Å²) in [4.78, 5) is 13.0. The van der Waals surface area contributed by atoms with E-state index in [1.807, 2.05) is 24.8 Å². The summed E-state index contributed by atoms with van der Waals surface area (Å²) in [6.45, 7) is 6.31. The first kappa shape index (κ1) is 15.9. The first-order chi connectivity index (χ1) is 10.2. The van der Waals surface area contributed by atoms with Crippen LogP contribution in [0.15, 0.2) is 18.2 Å². The molecular weight excluding hydrogens is 290 g/mol. The summed E-state index contributed by atoms with van der Waals surface area (Å²) in [5, 5.41) is 14.2. The summed E-state index contributed by atoms with van der Waals surface area (Å²) < 4.78 is 5.38. The molecule has 1 aromatic rings. The third-order valence-corrected chi connectivity index (χ3v) is 4.22. The van der Waals surface area contributed by atoms with Crippen LogP contribution in [0.1, 0.15) is 6.92 Å². The second-order valence-electron chi connectivity index (χ2n) is 4.79. The highest BCUT2D eigenvalue weighted by Crippen LogP contribution is 2.26. The lowest BCUT2D eigenvalue weighted by atomic mass is 10.2. The molecule has 21 heavy (non-hydrogen) atoms. The smallest absolute Gasteiger partial charge is 0.275 e. The van der Waals surface area contributed by atoms with Gasteiger partial charge in [-0.25, -0.2) is 0 Å². The second kappa shape index (κ2) is 8.09. The molecule has 0 spiro atoms. The van der Waals surface area contributed by atoms with Gasteiger partial charge in [0, 0.05) is 55.5 Å². The minimum atomic E-state index is -0.393. The Labute approximate surface area is 129 Å². The Balaban J connectivity index is 1.92. The number of rotatable bonds is 7. The van der Waals surface area contributed by atoms with Gasteiger partial charge in [-0.05, 0) is 6.92 Å². The van der Waals surface area contributed by atoms with Gasteiger partial charge >= 0.3 is 0 Å². The zero-order valence-corrected chi connectivity index (χ0v) is 13.0. The third kappa shape index (κ3) is 5.09. The number of hydrogen-bond donors (Lipinski definition) is 1. The molecule has 0 aliphatic carbocycles. The highest BCUT2D eigenvalue weighted by Gasteiger charge is 2.12. The van der Waals surface area contributed by atoms with Gasteiger partial charge < -0.3 is 10.1 Å². The molecule has 1 aromatic carbocycles. The van der Waals surface area contributed by atoms with Gasteiger partial charge in [0.15, 0.2) is 0 Å². The molecule has 1 fully saturated rings. The highest BCUT2D eigenvalue weighted by atomic mass is 32.2. The molecular formula is C14H21N3O3S. The number of ether oxygens (including phenoxy) is 1. The van der Waals surface area contributed by atoms with Crippen molar-refractivity contribution in [2.75, 3.05) is 49.6 Å². The van der Waals surface area contributed by atoms with Crippen LogP contribution < -0.4 is 10.1 Å². The van der Waals surface area contributed by atoms with E-state index in [9.17, 15) is 10.1 Å². The maximum absolute atomic E-state index is 10.9. The maximum atomic E-state index is 10.9. The Morgan fingerprint density at radius 2 is 2.14 bits per heavy atom. The molecule has 0 atom stereocenters. The summed E-state index contributed by atoms with van der Waals surface area (Å²) >= 11 is 1.99. The van der Waals surface area contributed by atoms with E-state index in [-0.39, 0.29) is 5.69 Å². The van der Waals surface area contributed by atoms with Crippen molar-refractivity contribution in [3.63, 3.8) is 0 Å². The van der Waals surface area contributed by atoms with E-state index < -0.39 is 4.92 Å². The first-order valence-electron chi connectivity index (χ1n) is 7.15. The molecule has 6 nitrogen and oxygen atoms in total. The monoisotopic (exact) mass is 311 g/mol. The molecule has 7 heteroatoms. The van der Waals surface area contributed by atoms with Gasteiger partial charge in [0.25, 0.3) is 5.69 Å². The molecule has 0 aromatic heterocycles. The Bertz CT molecular complexity index is 479. The molecule has 2 rings (SSSR count). The van der Waals surface area contributed by atoms with Crippen molar-refractivity contribution < 1.29 is 9.66 Å². The van der Waals surface area contributed by atoms with Crippen LogP contribution in [-0.2, 0) is 0 Å². The summed E-state index contributed by atoms with van der Waals surface area (Å²) in [5.41, 5.74) is 0.789. The number of hydrogen-bond acceptors (Lipinski definition) is 6. The standard InChI is InChI=1S/C14H21N3O3S/c1-2-20-14-10-12(9-13(11-14)17(18)19)15-3-4-16-5-7-21-8-6-16/h9-11,15H,2-8H2,1H3. The number of non-ortho nitro benzene ring substituents is 1. The van der Waals surface area contributed by atoms with E-state index in [1.165, 1.54) is 17.6 Å². The van der Waals surface area contributed by atoms with Crippen molar-refractivity contribution in [3.8, 4) is 5.75 Å². The van der Waals surface area contributed by atoms with Crippen molar-refractivity contribution in [2.24, 2.45) is 0 Å². The molecule has 1 aliphatic heterocycles. The Hall–Kier alpha value is -1.47. The molecule has 0 saturated carbocycles. The van der Waals surface area contributed by atoms with Crippen molar-refractivity contribution in [2.45, 2.75) is 6.92 Å². The number of nitro benzene ring substituents is 1. The predicted molar refractivity (Wildman–Crippen MR) is 86.5 cm³/mol. The quantitative estimate of drug-likeness (QED) is 0.616. The number of thioether (sulfide) groups is 1. The summed E-state index contributed by atoms with van der Waals surface area (Å²) in [7, 11) is 0. The van der Waals surface area contributed by atoms with Crippen LogP contribution in [0.2, 0.25) is 0 Å².